The largest absolute Gasteiger partial charge is 0.464 e. The van der Waals surface area contributed by atoms with Crippen LogP contribution >= 0.6 is 0 Å². The van der Waals surface area contributed by atoms with Crippen molar-refractivity contribution in [2.45, 2.75) is 0 Å². The lowest BCUT2D eigenvalue weighted by molar-refractivity contribution is 0.616. The van der Waals surface area contributed by atoms with Gasteiger partial charge < -0.3 is 4.42 Å². The maximum Gasteiger partial charge on any atom is 0.134 e. The van der Waals surface area contributed by atoms with Crippen molar-refractivity contribution in [3.63, 3.8) is 0 Å². The van der Waals surface area contributed by atoms with Crippen molar-refractivity contribution in [1.29, 1.82) is 10.5 Å². The van der Waals surface area contributed by atoms with Gasteiger partial charge in [-0.05, 0) is 17.7 Å². The number of nitrogens with zero attached hydrogens (tertiary/aromatic N) is 2. The van der Waals surface area contributed by atoms with E-state index in [-0.39, 0.29) is 0 Å². The normalized spacial score (nSPS) is 10.9. The highest BCUT2D eigenvalue weighted by Gasteiger charge is 2.03. The second-order valence-electron chi connectivity index (χ2n) is 2.97. The Balaban J connectivity index is 2.58. The van der Waals surface area contributed by atoms with Gasteiger partial charge in [0.05, 0.1) is 17.9 Å². The first kappa shape index (κ1) is 9.05. The molecule has 0 fully saturated rings. The standard InChI is InChI=1S/C12H6N2O/c13-5-3-11(8-14)10-2-1-9-4-6-15-12(9)7-10/h1-4,6-7H/b11-3+. The van der Waals surface area contributed by atoms with Crippen LogP contribution in [-0.2, 0) is 0 Å². The Morgan fingerprint density at radius 3 is 2.87 bits per heavy atom. The predicted octanol–water partition coefficient (Wildman–Crippen LogP) is 2.86. The fraction of sp³-hybridized carbons (Fsp3) is 0. The number of furan rings is 1. The molecule has 3 nitrogen and oxygen atoms in total. The van der Waals surface area contributed by atoms with Crippen LogP contribution in [0.5, 0.6) is 0 Å². The maximum absolute atomic E-state index is 8.83. The first-order valence-electron chi connectivity index (χ1n) is 4.32. The van der Waals surface area contributed by atoms with Gasteiger partial charge in [-0.25, -0.2) is 0 Å². The molecule has 0 atom stereocenters. The Hall–Kier alpha value is -2.52. The summed E-state index contributed by atoms with van der Waals surface area (Å²) in [4.78, 5) is 0. The van der Waals surface area contributed by atoms with E-state index in [0.717, 1.165) is 5.39 Å². The Bertz CT molecular complexity index is 608. The molecule has 3 heteroatoms. The van der Waals surface area contributed by atoms with Crippen LogP contribution in [0.3, 0.4) is 0 Å². The summed E-state index contributed by atoms with van der Waals surface area (Å²) in [6, 6.07) is 11.1. The highest BCUT2D eigenvalue weighted by molar-refractivity contribution is 5.86. The Labute approximate surface area is 86.5 Å². The fourth-order valence-corrected chi connectivity index (χ4v) is 1.37. The van der Waals surface area contributed by atoms with E-state index in [4.69, 9.17) is 14.9 Å². The van der Waals surface area contributed by atoms with E-state index in [2.05, 4.69) is 0 Å². The summed E-state index contributed by atoms with van der Waals surface area (Å²) in [7, 11) is 0. The third kappa shape index (κ3) is 1.59. The molecule has 15 heavy (non-hydrogen) atoms. The van der Waals surface area contributed by atoms with Crippen molar-refractivity contribution >= 4 is 16.5 Å². The van der Waals surface area contributed by atoms with E-state index in [1.54, 1.807) is 18.4 Å². The van der Waals surface area contributed by atoms with Gasteiger partial charge in [-0.15, -0.1) is 0 Å². The number of hydrogen-bond donors (Lipinski definition) is 0. The molecule has 0 aliphatic heterocycles. The fourth-order valence-electron chi connectivity index (χ4n) is 1.37. The molecule has 2 aromatic rings. The lowest BCUT2D eigenvalue weighted by atomic mass is 10.1. The molecule has 0 amide bonds. The van der Waals surface area contributed by atoms with Crippen LogP contribution < -0.4 is 0 Å². The summed E-state index contributed by atoms with van der Waals surface area (Å²) in [5.74, 6) is 0. The average molecular weight is 194 g/mol. The van der Waals surface area contributed by atoms with Crippen LogP contribution in [0, 0.1) is 22.7 Å². The predicted molar refractivity (Wildman–Crippen MR) is 55.4 cm³/mol. The summed E-state index contributed by atoms with van der Waals surface area (Å²) >= 11 is 0. The van der Waals surface area contributed by atoms with E-state index in [1.165, 1.54) is 6.08 Å². The van der Waals surface area contributed by atoms with Crippen LogP contribution in [0.2, 0.25) is 0 Å². The molecule has 1 aromatic carbocycles. The molecule has 0 saturated heterocycles. The van der Waals surface area contributed by atoms with E-state index < -0.39 is 0 Å². The third-order valence-corrected chi connectivity index (χ3v) is 2.10. The molecule has 1 heterocycles. The van der Waals surface area contributed by atoms with Gasteiger partial charge in [0.25, 0.3) is 0 Å². The molecule has 0 radical (unpaired) electrons. The van der Waals surface area contributed by atoms with Crippen molar-refractivity contribution in [2.75, 3.05) is 0 Å². The van der Waals surface area contributed by atoms with E-state index >= 15 is 0 Å². The van der Waals surface area contributed by atoms with Crippen molar-refractivity contribution in [3.05, 3.63) is 42.2 Å². The van der Waals surface area contributed by atoms with Crippen molar-refractivity contribution in [3.8, 4) is 12.1 Å². The molecular formula is C12H6N2O. The average Bonchev–Trinajstić information content (AvgIpc) is 2.72. The zero-order valence-corrected chi connectivity index (χ0v) is 7.77. The number of hydrogen-bond acceptors (Lipinski definition) is 3. The molecule has 0 aliphatic rings. The lowest BCUT2D eigenvalue weighted by Gasteiger charge is -1.96. The summed E-state index contributed by atoms with van der Waals surface area (Å²) in [5, 5.41) is 18.3. The molecule has 0 unspecified atom stereocenters. The molecule has 0 aliphatic carbocycles. The second kappa shape index (κ2) is 3.69. The van der Waals surface area contributed by atoms with Gasteiger partial charge in [-0.2, -0.15) is 10.5 Å². The first-order chi connectivity index (χ1) is 7.35. The maximum atomic E-state index is 8.83. The molecule has 0 bridgehead atoms. The first-order valence-corrected chi connectivity index (χ1v) is 4.32. The summed E-state index contributed by atoms with van der Waals surface area (Å²) < 4.78 is 5.21. The van der Waals surface area contributed by atoms with Gasteiger partial charge in [0, 0.05) is 11.5 Å². The van der Waals surface area contributed by atoms with Crippen LogP contribution in [0.4, 0.5) is 0 Å². The van der Waals surface area contributed by atoms with Gasteiger partial charge in [-0.1, -0.05) is 12.1 Å². The third-order valence-electron chi connectivity index (χ3n) is 2.10. The van der Waals surface area contributed by atoms with Crippen molar-refractivity contribution in [2.24, 2.45) is 0 Å². The van der Waals surface area contributed by atoms with Crippen LogP contribution in [0.1, 0.15) is 5.56 Å². The highest BCUT2D eigenvalue weighted by atomic mass is 16.3. The number of allylic oxidation sites excluding steroid dienone is 2. The molecule has 1 aromatic heterocycles. The zero-order chi connectivity index (χ0) is 10.7. The zero-order valence-electron chi connectivity index (χ0n) is 7.77. The minimum Gasteiger partial charge on any atom is -0.464 e. The number of benzene rings is 1. The monoisotopic (exact) mass is 194 g/mol. The minimum absolute atomic E-state index is 0.343. The van der Waals surface area contributed by atoms with Crippen molar-refractivity contribution < 1.29 is 4.42 Å². The quantitative estimate of drug-likeness (QED) is 0.655. The Morgan fingerprint density at radius 1 is 1.27 bits per heavy atom. The summed E-state index contributed by atoms with van der Waals surface area (Å²) in [6.07, 6.45) is 2.82. The van der Waals surface area contributed by atoms with Gasteiger partial charge >= 0.3 is 0 Å². The van der Waals surface area contributed by atoms with Crippen LogP contribution in [-0.4, -0.2) is 0 Å². The SMILES string of the molecule is N#C/C=C(\C#N)c1ccc2ccoc2c1. The second-order valence-corrected chi connectivity index (χ2v) is 2.97. The van der Waals surface area contributed by atoms with Gasteiger partial charge in [0.15, 0.2) is 0 Å². The van der Waals surface area contributed by atoms with Crippen LogP contribution in [0.15, 0.2) is 41.0 Å². The van der Waals surface area contributed by atoms with E-state index in [9.17, 15) is 0 Å². The van der Waals surface area contributed by atoms with Crippen molar-refractivity contribution in [1.82, 2.24) is 0 Å². The minimum atomic E-state index is 0.343. The molecule has 0 spiro atoms. The van der Waals surface area contributed by atoms with Gasteiger partial charge in [-0.3, -0.25) is 0 Å². The number of fused-ring (bicyclic) bond motifs is 1. The van der Waals surface area contributed by atoms with E-state index in [0.29, 0.717) is 16.7 Å². The molecule has 70 valence electrons. The summed E-state index contributed by atoms with van der Waals surface area (Å²) in [5.41, 5.74) is 1.75. The smallest absolute Gasteiger partial charge is 0.134 e. The molecular weight excluding hydrogens is 188 g/mol. The molecule has 2 rings (SSSR count). The van der Waals surface area contributed by atoms with Crippen LogP contribution in [0.25, 0.3) is 16.5 Å². The number of rotatable bonds is 1. The summed E-state index contributed by atoms with van der Waals surface area (Å²) in [6.45, 7) is 0. The Kier molecular flexibility index (Phi) is 2.23. The highest BCUT2D eigenvalue weighted by Crippen LogP contribution is 2.21. The number of nitriles is 2. The lowest BCUT2D eigenvalue weighted by Crippen LogP contribution is -1.80. The van der Waals surface area contributed by atoms with E-state index in [1.807, 2.05) is 24.3 Å². The molecule has 0 saturated carbocycles. The van der Waals surface area contributed by atoms with Gasteiger partial charge in [0.1, 0.15) is 11.7 Å². The van der Waals surface area contributed by atoms with Gasteiger partial charge in [0.2, 0.25) is 0 Å². The topological polar surface area (TPSA) is 60.7 Å². The Morgan fingerprint density at radius 2 is 2.13 bits per heavy atom. The molecule has 0 N–H and O–H groups in total.